The van der Waals surface area contributed by atoms with Gasteiger partial charge in [-0.05, 0) is 136 Å². The number of aliphatic carboxylic acids is 2. The second-order valence-electron chi connectivity index (χ2n) is 29.0. The van der Waals surface area contributed by atoms with Crippen LogP contribution in [0, 0.1) is 89.8 Å². The van der Waals surface area contributed by atoms with Gasteiger partial charge in [-0.2, -0.15) is 10.2 Å². The van der Waals surface area contributed by atoms with E-state index in [1.807, 2.05) is 54.0 Å². The van der Waals surface area contributed by atoms with E-state index in [0.29, 0.717) is 92.6 Å². The molecule has 0 aliphatic carbocycles. The highest BCUT2D eigenvalue weighted by atomic mass is 35.5. The van der Waals surface area contributed by atoms with Crippen molar-refractivity contribution in [3.8, 4) is 23.0 Å². The van der Waals surface area contributed by atoms with Crippen molar-refractivity contribution in [2.45, 2.75) is 185 Å². The number of benzene rings is 6. The van der Waals surface area contributed by atoms with Gasteiger partial charge in [0.05, 0.1) is 94.7 Å². The van der Waals surface area contributed by atoms with E-state index in [-0.39, 0.29) is 90.0 Å². The predicted octanol–water partition coefficient (Wildman–Crippen LogP) is 23.9. The van der Waals surface area contributed by atoms with Crippen molar-refractivity contribution in [1.82, 2.24) is 0 Å². The molecule has 34 heteroatoms. The number of nitro benzene ring substituents is 4. The van der Waals surface area contributed by atoms with Crippen LogP contribution in [0.1, 0.15) is 182 Å². The Balaban J connectivity index is 0.000000426. The van der Waals surface area contributed by atoms with Gasteiger partial charge in [-0.1, -0.05) is 132 Å². The largest absolute Gasteiger partial charge is 0.491 e. The van der Waals surface area contributed by atoms with E-state index >= 15 is 0 Å². The van der Waals surface area contributed by atoms with Crippen molar-refractivity contribution in [2.24, 2.45) is 76.4 Å². The Morgan fingerprint density at radius 3 is 0.890 bits per heavy atom. The van der Waals surface area contributed by atoms with Crippen LogP contribution in [-0.2, 0) is 9.59 Å². The van der Waals surface area contributed by atoms with Gasteiger partial charge < -0.3 is 49.2 Å². The number of carboxylic acid groups (broad SMARTS) is 2. The zero-order chi connectivity index (χ0) is 86.6. The SMILES string of the molecule is CCCCC(CC)COc1cc(/N=N/c2ccc([N+](=O)[O-])cc2[N+](=O)[O-])c(OCC(CC)CCCC)cc1/N=N/c1ccc(N(CCC(CCl)C(=O)O)CCC(CCl)C(=O)O)cc1C.CCCCC(CC)COc1cc(/N=N/c2ccc([N+](=O)[O-])cc2[N+](=O)[O-])c(OCC(CC)CCCC)cc1/N=N/c1ccc(N(CCO)CCO)cc1C. The Kier molecular flexibility index (Phi) is 44.1. The molecular formula is C84H116Cl2N14O18. The molecule has 6 aromatic carbocycles. The summed E-state index contributed by atoms with van der Waals surface area (Å²) in [6.07, 6.45) is 16.2. The molecule has 32 nitrogen and oxygen atoms in total. The van der Waals surface area contributed by atoms with Crippen LogP contribution >= 0.6 is 23.2 Å². The number of aliphatic hydroxyl groups is 2. The number of anilines is 2. The van der Waals surface area contributed by atoms with Crippen LogP contribution in [-0.4, -0.2) is 130 Å². The lowest BCUT2D eigenvalue weighted by Crippen LogP contribution is -2.32. The highest BCUT2D eigenvalue weighted by Crippen LogP contribution is 2.46. The van der Waals surface area contributed by atoms with E-state index in [9.17, 15) is 70.5 Å². The average Bonchev–Trinajstić information content (AvgIpc) is 0.812. The minimum atomic E-state index is -1.01. The molecule has 6 aromatic rings. The van der Waals surface area contributed by atoms with Crippen molar-refractivity contribution < 1.29 is 68.7 Å². The van der Waals surface area contributed by atoms with Crippen LogP contribution < -0.4 is 28.7 Å². The van der Waals surface area contributed by atoms with E-state index in [1.54, 1.807) is 30.3 Å². The molecule has 0 heterocycles. The maximum atomic E-state index is 11.9. The van der Waals surface area contributed by atoms with Crippen molar-refractivity contribution in [3.63, 3.8) is 0 Å². The standard InChI is InChI=1S/C45H61Cl2N7O10.C39H55N7O8/c1-6-10-12-31(8-3)28-63-42-25-40(51-49-38-17-15-36(53(59)60)23-41(38)54(61)62)43(64-29-32(9-4)13-11-7-2)24-39(42)50-48-37-16-14-35(22-30(37)5)52(20-18-33(26-46)44(55)56)21-19-34(27-47)45(57)58;1-6-10-12-29(8-3)26-53-38-25-36(43-41-34-17-15-32(45(49)50)23-37(34)46(51)52)39(54-27-30(9-4)13-11-7-2)24-35(38)42-40-33-16-14-31(22-28(33)5)44(18-20-47)19-21-48/h14-17,22-25,31-34H,6-13,18-21,26-29H2,1-5H3,(H,55,56)(H,57,58);14-17,22-25,29-30,47-48H,6-13,18-21,26-27H2,1-5H3/b50-48+,51-49+;42-40+,43-41+. The molecule has 0 aromatic heterocycles. The third-order valence-corrected chi connectivity index (χ3v) is 21.1. The number of nitrogens with zero attached hydrogens (tertiary/aromatic N) is 14. The van der Waals surface area contributed by atoms with Gasteiger partial charge in [-0.25, -0.2) is 0 Å². The second kappa shape index (κ2) is 53.1. The smallest absolute Gasteiger partial charge is 0.307 e. The normalized spacial score (nSPS) is 13.1. The second-order valence-corrected chi connectivity index (χ2v) is 29.6. The molecule has 0 aliphatic rings. The highest BCUT2D eigenvalue weighted by Gasteiger charge is 2.27. The Bertz CT molecular complexity index is 4300. The summed E-state index contributed by atoms with van der Waals surface area (Å²) in [5, 5.41) is 120. The number of carboxylic acids is 2. The minimum Gasteiger partial charge on any atom is -0.491 e. The number of nitro groups is 4. The lowest BCUT2D eigenvalue weighted by Gasteiger charge is -2.27. The van der Waals surface area contributed by atoms with Crippen LogP contribution in [0.2, 0.25) is 0 Å². The molecule has 0 fully saturated rings. The molecule has 0 radical (unpaired) electrons. The fourth-order valence-corrected chi connectivity index (χ4v) is 13.0. The number of alkyl halides is 2. The average molecular weight is 1680 g/mol. The van der Waals surface area contributed by atoms with Gasteiger partial charge in [0.1, 0.15) is 45.7 Å². The van der Waals surface area contributed by atoms with E-state index in [2.05, 4.69) is 96.3 Å². The van der Waals surface area contributed by atoms with E-state index in [1.165, 1.54) is 12.1 Å². The zero-order valence-electron chi connectivity index (χ0n) is 69.4. The molecule has 0 saturated carbocycles. The molecular weight excluding hydrogens is 1560 g/mol. The van der Waals surface area contributed by atoms with Crippen LogP contribution in [0.4, 0.5) is 79.6 Å². The van der Waals surface area contributed by atoms with E-state index in [0.717, 1.165) is 150 Å². The number of ether oxygens (including phenoxy) is 4. The molecule has 4 N–H and O–H groups in total. The van der Waals surface area contributed by atoms with E-state index in [4.69, 9.17) is 42.1 Å². The van der Waals surface area contributed by atoms with Crippen LogP contribution in [0.5, 0.6) is 23.0 Å². The van der Waals surface area contributed by atoms with E-state index < -0.39 is 66.2 Å². The number of azo groups is 4. The molecule has 6 unspecified atom stereocenters. The summed E-state index contributed by atoms with van der Waals surface area (Å²) in [6, 6.07) is 24.0. The van der Waals surface area contributed by atoms with Gasteiger partial charge in [-0.15, -0.1) is 53.9 Å². The molecule has 0 saturated heterocycles. The Morgan fingerprint density at radius 1 is 0.381 bits per heavy atom. The summed E-state index contributed by atoms with van der Waals surface area (Å²) in [5.74, 6) is -1.43. The lowest BCUT2D eigenvalue weighted by molar-refractivity contribution is -0.394. The number of unbranched alkanes of at least 4 members (excludes halogenated alkanes) is 4. The van der Waals surface area contributed by atoms with Gasteiger partial charge >= 0.3 is 23.3 Å². The Labute approximate surface area is 700 Å². The zero-order valence-corrected chi connectivity index (χ0v) is 70.9. The number of aliphatic hydroxyl groups excluding tert-OH is 2. The van der Waals surface area contributed by atoms with Crippen LogP contribution in [0.15, 0.2) is 138 Å². The first-order chi connectivity index (χ1) is 56.8. The molecule has 0 amide bonds. The summed E-state index contributed by atoms with van der Waals surface area (Å²) < 4.78 is 25.7. The van der Waals surface area contributed by atoms with Gasteiger partial charge in [0.25, 0.3) is 11.4 Å². The summed E-state index contributed by atoms with van der Waals surface area (Å²) in [7, 11) is 0. The van der Waals surface area contributed by atoms with Crippen molar-refractivity contribution in [3.05, 3.63) is 149 Å². The maximum absolute atomic E-state index is 11.9. The number of hydrogen-bond acceptors (Lipinski definition) is 26. The monoisotopic (exact) mass is 1680 g/mol. The number of non-ortho nitro benzene ring substituents is 2. The first-order valence-corrected chi connectivity index (χ1v) is 41.7. The van der Waals surface area contributed by atoms with Crippen molar-refractivity contribution >= 4 is 115 Å². The van der Waals surface area contributed by atoms with Crippen molar-refractivity contribution in [1.29, 1.82) is 0 Å². The first kappa shape index (κ1) is 98.1. The number of rotatable bonds is 56. The number of halogens is 2. The molecule has 0 bridgehead atoms. The number of hydrogen-bond donors (Lipinski definition) is 4. The van der Waals surface area contributed by atoms with Gasteiger partial charge in [0, 0.05) is 85.7 Å². The summed E-state index contributed by atoms with van der Waals surface area (Å²) in [5.41, 5.74) is 3.04. The maximum Gasteiger partial charge on any atom is 0.307 e. The fourth-order valence-electron chi connectivity index (χ4n) is 12.5. The Hall–Kier alpha value is -10.4. The molecule has 6 atom stereocenters. The number of aryl methyl sites for hydroxylation is 2. The van der Waals surface area contributed by atoms with Gasteiger partial charge in [0.15, 0.2) is 11.4 Å². The topological polar surface area (TPSA) is 430 Å². The van der Waals surface area contributed by atoms with Gasteiger partial charge in [-0.3, -0.25) is 50.0 Å². The predicted molar refractivity (Wildman–Crippen MR) is 458 cm³/mol. The minimum absolute atomic E-state index is 0.0526. The number of carbonyl (C=O) groups is 2. The molecule has 644 valence electrons. The molecule has 0 aliphatic heterocycles. The Morgan fingerprint density at radius 2 is 0.653 bits per heavy atom. The third kappa shape index (κ3) is 32.1. The summed E-state index contributed by atoms with van der Waals surface area (Å²) in [6.45, 7) is 23.5. The first-order valence-electron chi connectivity index (χ1n) is 40.7. The molecule has 118 heavy (non-hydrogen) atoms. The molecule has 0 spiro atoms. The third-order valence-electron chi connectivity index (χ3n) is 20.3. The van der Waals surface area contributed by atoms with Crippen LogP contribution in [0.3, 0.4) is 0 Å². The quantitative estimate of drug-likeness (QED) is 0.0119. The van der Waals surface area contributed by atoms with Gasteiger partial charge in [0.2, 0.25) is 0 Å². The fraction of sp³-hybridized carbons (Fsp3) is 0.548. The lowest BCUT2D eigenvalue weighted by atomic mass is 10.0. The highest BCUT2D eigenvalue weighted by molar-refractivity contribution is 6.19. The molecule has 6 rings (SSSR count). The summed E-state index contributed by atoms with van der Waals surface area (Å²) in [4.78, 5) is 70.8. The van der Waals surface area contributed by atoms with Crippen molar-refractivity contribution in [2.75, 3.05) is 87.4 Å². The van der Waals surface area contributed by atoms with Crippen LogP contribution in [0.25, 0.3) is 0 Å². The summed E-state index contributed by atoms with van der Waals surface area (Å²) >= 11 is 11.9.